The van der Waals surface area contributed by atoms with Gasteiger partial charge in [-0.05, 0) is 29.6 Å². The number of hydrogen-bond acceptors (Lipinski definition) is 6. The van der Waals surface area contributed by atoms with Crippen LogP contribution in [0.3, 0.4) is 0 Å². The van der Waals surface area contributed by atoms with Gasteiger partial charge in [-0.2, -0.15) is 0 Å². The van der Waals surface area contributed by atoms with Crippen LogP contribution in [0.1, 0.15) is 11.0 Å². The van der Waals surface area contributed by atoms with E-state index in [1.807, 2.05) is 29.6 Å². The lowest BCUT2D eigenvalue weighted by Gasteiger charge is -2.14. The van der Waals surface area contributed by atoms with Crippen molar-refractivity contribution >= 4 is 17.3 Å². The molecule has 112 valence electrons. The van der Waals surface area contributed by atoms with Crippen LogP contribution in [0, 0.1) is 0 Å². The lowest BCUT2D eigenvalue weighted by Crippen LogP contribution is -2.15. The highest BCUT2D eigenvalue weighted by Crippen LogP contribution is 2.22. The van der Waals surface area contributed by atoms with Gasteiger partial charge in [-0.25, -0.2) is 9.97 Å². The fourth-order valence-electron chi connectivity index (χ4n) is 2.08. The molecule has 0 saturated heterocycles. The molecule has 0 aliphatic heterocycles. The number of rotatable bonds is 6. The molecule has 0 aliphatic rings. The van der Waals surface area contributed by atoms with Crippen molar-refractivity contribution < 1.29 is 4.74 Å². The summed E-state index contributed by atoms with van der Waals surface area (Å²) in [6.07, 6.45) is 5.26. The summed E-state index contributed by atoms with van der Waals surface area (Å²) in [7, 11) is 1.71. The van der Waals surface area contributed by atoms with E-state index in [9.17, 15) is 0 Å². The van der Waals surface area contributed by atoms with Crippen molar-refractivity contribution in [2.45, 2.75) is 6.10 Å². The van der Waals surface area contributed by atoms with Gasteiger partial charge in [0, 0.05) is 42.7 Å². The Hall–Kier alpha value is -2.31. The van der Waals surface area contributed by atoms with Crippen molar-refractivity contribution in [3.8, 4) is 11.3 Å². The number of pyridine rings is 1. The van der Waals surface area contributed by atoms with E-state index in [1.165, 1.54) is 4.88 Å². The Morgan fingerprint density at radius 2 is 2.18 bits per heavy atom. The Morgan fingerprint density at radius 3 is 2.91 bits per heavy atom. The van der Waals surface area contributed by atoms with Crippen LogP contribution in [0.25, 0.3) is 11.3 Å². The third kappa shape index (κ3) is 3.47. The molecule has 0 fully saturated rings. The van der Waals surface area contributed by atoms with Crippen LogP contribution >= 0.6 is 11.3 Å². The fraction of sp³-hybridized carbons (Fsp3) is 0.188. The third-order valence-corrected chi connectivity index (χ3v) is 4.17. The summed E-state index contributed by atoms with van der Waals surface area (Å²) in [4.78, 5) is 14.1. The maximum atomic E-state index is 5.51. The average Bonchev–Trinajstić information content (AvgIpc) is 3.11. The molecule has 0 radical (unpaired) electrons. The SMILES string of the molecule is COC(CNc1nccc(-c2cccnc2)n1)c1cccs1. The molecule has 5 nitrogen and oxygen atoms in total. The van der Waals surface area contributed by atoms with Crippen LogP contribution in [0.5, 0.6) is 0 Å². The highest BCUT2D eigenvalue weighted by atomic mass is 32.1. The van der Waals surface area contributed by atoms with Gasteiger partial charge in [-0.3, -0.25) is 4.98 Å². The minimum atomic E-state index is -0.00866. The van der Waals surface area contributed by atoms with Crippen molar-refractivity contribution in [3.63, 3.8) is 0 Å². The normalized spacial score (nSPS) is 12.0. The van der Waals surface area contributed by atoms with Gasteiger partial charge in [0.05, 0.1) is 5.69 Å². The molecule has 1 atom stereocenters. The van der Waals surface area contributed by atoms with E-state index in [0.717, 1.165) is 11.3 Å². The van der Waals surface area contributed by atoms with Crippen LogP contribution in [0.2, 0.25) is 0 Å². The van der Waals surface area contributed by atoms with E-state index >= 15 is 0 Å². The standard InChI is InChI=1S/C16H16N4OS/c1-21-14(15-5-3-9-22-15)11-19-16-18-8-6-13(20-16)12-4-2-7-17-10-12/h2-10,14H,11H2,1H3,(H,18,19,20). The van der Waals surface area contributed by atoms with Crippen LogP contribution in [-0.2, 0) is 4.74 Å². The van der Waals surface area contributed by atoms with E-state index < -0.39 is 0 Å². The summed E-state index contributed by atoms with van der Waals surface area (Å²) in [5.74, 6) is 0.583. The number of methoxy groups -OCH3 is 1. The van der Waals surface area contributed by atoms with Gasteiger partial charge in [0.15, 0.2) is 0 Å². The molecule has 0 saturated carbocycles. The molecule has 3 heterocycles. The summed E-state index contributed by atoms with van der Waals surface area (Å²) in [5, 5.41) is 5.28. The Labute approximate surface area is 133 Å². The van der Waals surface area contributed by atoms with Crippen LogP contribution in [0.4, 0.5) is 5.95 Å². The monoisotopic (exact) mass is 312 g/mol. The molecular weight excluding hydrogens is 296 g/mol. The average molecular weight is 312 g/mol. The summed E-state index contributed by atoms with van der Waals surface area (Å²) in [6, 6.07) is 9.82. The first-order valence-corrected chi connectivity index (χ1v) is 7.78. The van der Waals surface area contributed by atoms with Crippen LogP contribution in [-0.4, -0.2) is 28.6 Å². The summed E-state index contributed by atoms with van der Waals surface area (Å²) >= 11 is 1.68. The molecule has 0 spiro atoms. The Kier molecular flexibility index (Phi) is 4.72. The molecule has 3 rings (SSSR count). The molecule has 0 bridgehead atoms. The van der Waals surface area contributed by atoms with Gasteiger partial charge in [-0.1, -0.05) is 6.07 Å². The van der Waals surface area contributed by atoms with Gasteiger partial charge in [0.2, 0.25) is 5.95 Å². The van der Waals surface area contributed by atoms with Crippen LogP contribution in [0.15, 0.2) is 54.3 Å². The molecule has 0 aromatic carbocycles. The molecule has 6 heteroatoms. The zero-order valence-corrected chi connectivity index (χ0v) is 13.0. The number of nitrogens with one attached hydrogen (secondary N) is 1. The smallest absolute Gasteiger partial charge is 0.223 e. The Morgan fingerprint density at radius 1 is 1.23 bits per heavy atom. The molecule has 1 N–H and O–H groups in total. The first kappa shape index (κ1) is 14.6. The summed E-state index contributed by atoms with van der Waals surface area (Å²) < 4.78 is 5.51. The van der Waals surface area contributed by atoms with Crippen molar-refractivity contribution in [3.05, 3.63) is 59.2 Å². The predicted octanol–water partition coefficient (Wildman–Crippen LogP) is 3.40. The van der Waals surface area contributed by atoms with Crippen molar-refractivity contribution in [1.82, 2.24) is 15.0 Å². The number of aromatic nitrogens is 3. The number of ether oxygens (including phenoxy) is 1. The second-order valence-electron chi connectivity index (χ2n) is 4.63. The second kappa shape index (κ2) is 7.11. The second-order valence-corrected chi connectivity index (χ2v) is 5.61. The number of anilines is 1. The molecule has 22 heavy (non-hydrogen) atoms. The van der Waals surface area contributed by atoms with E-state index in [0.29, 0.717) is 12.5 Å². The first-order valence-electron chi connectivity index (χ1n) is 6.90. The molecule has 1 unspecified atom stereocenters. The van der Waals surface area contributed by atoms with Crippen molar-refractivity contribution in [2.24, 2.45) is 0 Å². The highest BCUT2D eigenvalue weighted by molar-refractivity contribution is 7.10. The molecule has 3 aromatic heterocycles. The summed E-state index contributed by atoms with van der Waals surface area (Å²) in [6.45, 7) is 0.619. The maximum Gasteiger partial charge on any atom is 0.223 e. The third-order valence-electron chi connectivity index (χ3n) is 3.20. The fourth-order valence-corrected chi connectivity index (χ4v) is 2.88. The molecular formula is C16H16N4OS. The van der Waals surface area contributed by atoms with Crippen molar-refractivity contribution in [2.75, 3.05) is 19.0 Å². The Balaban J connectivity index is 1.71. The van der Waals surface area contributed by atoms with Gasteiger partial charge in [0.25, 0.3) is 0 Å². The lowest BCUT2D eigenvalue weighted by atomic mass is 10.2. The van der Waals surface area contributed by atoms with Gasteiger partial charge < -0.3 is 10.1 Å². The topological polar surface area (TPSA) is 59.9 Å². The molecule has 0 amide bonds. The minimum Gasteiger partial charge on any atom is -0.374 e. The zero-order valence-electron chi connectivity index (χ0n) is 12.1. The predicted molar refractivity (Wildman–Crippen MR) is 87.8 cm³/mol. The highest BCUT2D eigenvalue weighted by Gasteiger charge is 2.12. The molecule has 3 aromatic rings. The van der Waals surface area contributed by atoms with E-state index in [2.05, 4.69) is 26.3 Å². The van der Waals surface area contributed by atoms with Gasteiger partial charge in [-0.15, -0.1) is 11.3 Å². The largest absolute Gasteiger partial charge is 0.374 e. The first-order chi connectivity index (χ1) is 10.9. The van der Waals surface area contributed by atoms with Gasteiger partial charge >= 0.3 is 0 Å². The molecule has 0 aliphatic carbocycles. The van der Waals surface area contributed by atoms with Gasteiger partial charge in [0.1, 0.15) is 6.10 Å². The van der Waals surface area contributed by atoms with E-state index in [1.54, 1.807) is 37.0 Å². The quantitative estimate of drug-likeness (QED) is 0.756. The zero-order chi connectivity index (χ0) is 15.2. The van der Waals surface area contributed by atoms with E-state index in [-0.39, 0.29) is 6.10 Å². The van der Waals surface area contributed by atoms with Crippen molar-refractivity contribution in [1.29, 1.82) is 0 Å². The number of nitrogens with zero attached hydrogens (tertiary/aromatic N) is 3. The lowest BCUT2D eigenvalue weighted by molar-refractivity contribution is 0.117. The number of thiophene rings is 1. The maximum absolute atomic E-state index is 5.51. The summed E-state index contributed by atoms with van der Waals surface area (Å²) in [5.41, 5.74) is 1.81. The minimum absolute atomic E-state index is 0.00866. The Bertz CT molecular complexity index is 703. The van der Waals surface area contributed by atoms with Crippen LogP contribution < -0.4 is 5.32 Å². The number of hydrogen-bond donors (Lipinski definition) is 1. The van der Waals surface area contributed by atoms with E-state index in [4.69, 9.17) is 4.74 Å².